The molecule has 4 nitrogen and oxygen atoms in total. The monoisotopic (exact) mass is 309 g/mol. The molecule has 22 heavy (non-hydrogen) atoms. The quantitative estimate of drug-likeness (QED) is 0.128. The first kappa shape index (κ1) is 20.6. The zero-order valence-corrected chi connectivity index (χ0v) is 13.8. The Kier molecular flexibility index (Phi) is 16.4. The number of nitro groups is 1. The van der Waals surface area contributed by atoms with Crippen molar-refractivity contribution in [3.63, 3.8) is 0 Å². The van der Waals surface area contributed by atoms with Gasteiger partial charge in [0.25, 0.3) is 0 Å². The minimum Gasteiger partial charge on any atom is -0.303 e. The molecule has 0 aliphatic heterocycles. The molecule has 0 aromatic heterocycles. The van der Waals surface area contributed by atoms with Gasteiger partial charge in [0.15, 0.2) is 0 Å². The van der Waals surface area contributed by atoms with Crippen molar-refractivity contribution in [1.29, 1.82) is 0 Å². The predicted molar refractivity (Wildman–Crippen MR) is 91.6 cm³/mol. The first-order valence-electron chi connectivity index (χ1n) is 8.62. The van der Waals surface area contributed by atoms with Crippen molar-refractivity contribution in [1.82, 2.24) is 0 Å². The van der Waals surface area contributed by atoms with Gasteiger partial charge in [0.2, 0.25) is 6.54 Å². The number of hydrogen-bond donors (Lipinski definition) is 0. The van der Waals surface area contributed by atoms with Crippen LogP contribution in [-0.2, 0) is 4.79 Å². The third kappa shape index (κ3) is 18.6. The van der Waals surface area contributed by atoms with Crippen molar-refractivity contribution in [2.75, 3.05) is 6.54 Å². The Balaban J connectivity index is 3.20. The van der Waals surface area contributed by atoms with Gasteiger partial charge in [0.05, 0.1) is 0 Å². The van der Waals surface area contributed by atoms with Gasteiger partial charge in [-0.05, 0) is 44.9 Å². The fourth-order valence-electron chi connectivity index (χ4n) is 2.21. The second-order valence-corrected chi connectivity index (χ2v) is 5.60. The predicted octanol–water partition coefficient (Wildman–Crippen LogP) is 5.26. The number of nitrogens with zero attached hydrogens (tertiary/aromatic N) is 1. The van der Waals surface area contributed by atoms with Gasteiger partial charge in [0, 0.05) is 17.8 Å². The molecule has 0 atom stereocenters. The SMILES string of the molecule is O=CCCCCCCCC=CCC=CCCCCC[N+](=O)[O-]. The van der Waals surface area contributed by atoms with Gasteiger partial charge in [-0.25, -0.2) is 0 Å². The van der Waals surface area contributed by atoms with E-state index in [1.807, 2.05) is 0 Å². The Morgan fingerprint density at radius 1 is 0.682 bits per heavy atom. The molecule has 0 radical (unpaired) electrons. The third-order valence-electron chi connectivity index (χ3n) is 3.51. The van der Waals surface area contributed by atoms with Gasteiger partial charge >= 0.3 is 0 Å². The topological polar surface area (TPSA) is 60.2 Å². The molecule has 0 aliphatic carbocycles. The highest BCUT2D eigenvalue weighted by Gasteiger charge is 1.95. The lowest BCUT2D eigenvalue weighted by Gasteiger charge is -1.97. The molecule has 4 heteroatoms. The summed E-state index contributed by atoms with van der Waals surface area (Å²) in [7, 11) is 0. The van der Waals surface area contributed by atoms with Crippen molar-refractivity contribution in [2.24, 2.45) is 0 Å². The van der Waals surface area contributed by atoms with Crippen LogP contribution in [0.25, 0.3) is 0 Å². The molecule has 0 aliphatic rings. The first-order chi connectivity index (χ1) is 10.8. The van der Waals surface area contributed by atoms with Gasteiger partial charge in [0.1, 0.15) is 6.29 Å². The van der Waals surface area contributed by atoms with E-state index in [1.165, 1.54) is 25.7 Å². The maximum Gasteiger partial charge on any atom is 0.203 e. The summed E-state index contributed by atoms with van der Waals surface area (Å²) in [6, 6.07) is 0. The second kappa shape index (κ2) is 17.6. The number of carbonyl (C=O) groups is 1. The molecule has 0 unspecified atom stereocenters. The van der Waals surface area contributed by atoms with E-state index in [4.69, 9.17) is 0 Å². The molecule has 0 saturated carbocycles. The molecule has 0 amide bonds. The molecule has 0 rings (SSSR count). The Morgan fingerprint density at radius 2 is 1.18 bits per heavy atom. The maximum absolute atomic E-state index is 10.1. The number of carbonyl (C=O) groups excluding carboxylic acids is 1. The van der Waals surface area contributed by atoms with Crippen LogP contribution in [0.2, 0.25) is 0 Å². The van der Waals surface area contributed by atoms with Crippen molar-refractivity contribution in [3.8, 4) is 0 Å². The van der Waals surface area contributed by atoms with Crippen molar-refractivity contribution in [3.05, 3.63) is 34.4 Å². The van der Waals surface area contributed by atoms with Crippen LogP contribution in [0.3, 0.4) is 0 Å². The van der Waals surface area contributed by atoms with Gasteiger partial charge in [-0.3, -0.25) is 10.1 Å². The molecule has 0 bridgehead atoms. The van der Waals surface area contributed by atoms with Gasteiger partial charge in [-0.2, -0.15) is 0 Å². The van der Waals surface area contributed by atoms with E-state index >= 15 is 0 Å². The normalized spacial score (nSPS) is 11.5. The van der Waals surface area contributed by atoms with E-state index in [0.717, 1.165) is 44.8 Å². The fourth-order valence-corrected chi connectivity index (χ4v) is 2.21. The van der Waals surface area contributed by atoms with Gasteiger partial charge in [-0.15, -0.1) is 0 Å². The van der Waals surface area contributed by atoms with E-state index < -0.39 is 0 Å². The van der Waals surface area contributed by atoms with E-state index in [1.54, 1.807) is 0 Å². The van der Waals surface area contributed by atoms with E-state index in [2.05, 4.69) is 24.3 Å². The van der Waals surface area contributed by atoms with Crippen LogP contribution in [0.1, 0.15) is 77.0 Å². The minimum atomic E-state index is -0.244. The Labute approximate surface area is 134 Å². The van der Waals surface area contributed by atoms with Crippen LogP contribution in [0.15, 0.2) is 24.3 Å². The van der Waals surface area contributed by atoms with Gasteiger partial charge < -0.3 is 4.79 Å². The number of hydrogen-bond acceptors (Lipinski definition) is 3. The highest BCUT2D eigenvalue weighted by Crippen LogP contribution is 2.07. The molecule has 0 aromatic carbocycles. The van der Waals surface area contributed by atoms with Crippen molar-refractivity contribution >= 4 is 6.29 Å². The van der Waals surface area contributed by atoms with Crippen molar-refractivity contribution in [2.45, 2.75) is 77.0 Å². The van der Waals surface area contributed by atoms with Gasteiger partial charge in [-0.1, -0.05) is 43.6 Å². The van der Waals surface area contributed by atoms with Crippen LogP contribution >= 0.6 is 0 Å². The lowest BCUT2D eigenvalue weighted by molar-refractivity contribution is -0.480. The minimum absolute atomic E-state index is 0.101. The molecule has 0 aromatic rings. The molecule has 0 N–H and O–H groups in total. The van der Waals surface area contributed by atoms with E-state index in [-0.39, 0.29) is 11.5 Å². The first-order valence-corrected chi connectivity index (χ1v) is 8.62. The Bertz CT molecular complexity index is 324. The summed E-state index contributed by atoms with van der Waals surface area (Å²) >= 11 is 0. The lowest BCUT2D eigenvalue weighted by Crippen LogP contribution is -1.99. The summed E-state index contributed by atoms with van der Waals surface area (Å²) in [4.78, 5) is 20.0. The third-order valence-corrected chi connectivity index (χ3v) is 3.51. The molecule has 0 heterocycles. The average Bonchev–Trinajstić information content (AvgIpc) is 2.50. The van der Waals surface area contributed by atoms with Crippen LogP contribution in [-0.4, -0.2) is 17.8 Å². The summed E-state index contributed by atoms with van der Waals surface area (Å²) in [5.74, 6) is 0. The largest absolute Gasteiger partial charge is 0.303 e. The second-order valence-electron chi connectivity index (χ2n) is 5.60. The highest BCUT2D eigenvalue weighted by atomic mass is 16.6. The summed E-state index contributed by atoms with van der Waals surface area (Å²) in [5.41, 5.74) is 0. The van der Waals surface area contributed by atoms with E-state index in [9.17, 15) is 14.9 Å². The zero-order chi connectivity index (χ0) is 16.3. The van der Waals surface area contributed by atoms with Crippen LogP contribution < -0.4 is 0 Å². The summed E-state index contributed by atoms with van der Waals surface area (Å²) in [6.07, 6.45) is 22.2. The lowest BCUT2D eigenvalue weighted by atomic mass is 10.1. The standard InChI is InChI=1S/C18H31NO3/c20-18-16-14-12-10-8-6-4-2-1-3-5-7-9-11-13-15-17-19(21)22/h1-2,5,7,18H,3-4,6,8-17H2. The fraction of sp³-hybridized carbons (Fsp3) is 0.722. The number of unbranched alkanes of at least 4 members (excludes halogenated alkanes) is 9. The Hall–Kier alpha value is -1.45. The molecule has 0 saturated heterocycles. The van der Waals surface area contributed by atoms with Crippen molar-refractivity contribution < 1.29 is 9.72 Å². The summed E-state index contributed by atoms with van der Waals surface area (Å²) in [6.45, 7) is 0.101. The molecular weight excluding hydrogens is 278 g/mol. The molecule has 126 valence electrons. The molecule has 0 spiro atoms. The number of rotatable bonds is 16. The molecule has 0 fully saturated rings. The van der Waals surface area contributed by atoms with Crippen LogP contribution in [0.4, 0.5) is 0 Å². The zero-order valence-electron chi connectivity index (χ0n) is 13.8. The maximum atomic E-state index is 10.1. The smallest absolute Gasteiger partial charge is 0.203 e. The average molecular weight is 309 g/mol. The summed E-state index contributed by atoms with van der Waals surface area (Å²) in [5, 5.41) is 10.1. The highest BCUT2D eigenvalue weighted by molar-refractivity contribution is 5.48. The number of allylic oxidation sites excluding steroid dienone is 4. The van der Waals surface area contributed by atoms with E-state index in [0.29, 0.717) is 12.8 Å². The summed E-state index contributed by atoms with van der Waals surface area (Å²) < 4.78 is 0. The van der Waals surface area contributed by atoms with Crippen LogP contribution in [0.5, 0.6) is 0 Å². The Morgan fingerprint density at radius 3 is 1.73 bits per heavy atom. The van der Waals surface area contributed by atoms with Crippen LogP contribution in [0, 0.1) is 10.1 Å². The number of aldehydes is 1. The molecular formula is C18H31NO3.